The van der Waals surface area contributed by atoms with Gasteiger partial charge in [-0.05, 0) is 0 Å². The smallest absolute Gasteiger partial charge is 0.214 e. The summed E-state index contributed by atoms with van der Waals surface area (Å²) < 4.78 is 28.8. The van der Waals surface area contributed by atoms with E-state index in [1.165, 1.54) is 6.20 Å². The van der Waals surface area contributed by atoms with Gasteiger partial charge in [0.15, 0.2) is 0 Å². The number of fused-ring (bicyclic) bond motifs is 1. The number of rotatable bonds is 2. The van der Waals surface area contributed by atoms with E-state index in [1.54, 1.807) is 0 Å². The molecule has 0 aliphatic carbocycles. The van der Waals surface area contributed by atoms with Gasteiger partial charge in [-0.15, -0.1) is 0 Å². The van der Waals surface area contributed by atoms with Crippen LogP contribution in [0.4, 0.5) is 0 Å². The zero-order valence-electron chi connectivity index (χ0n) is 7.51. The Labute approximate surface area is 81.7 Å². The maximum atomic E-state index is 10.9. The van der Waals surface area contributed by atoms with Crippen molar-refractivity contribution in [1.82, 2.24) is 9.55 Å². The standard InChI is InChI=1S/C7H11N3O3S/c8-14(11,12)5-6-3-9-7-4-13-2-1-10(6)7/h3H,1-2,4-5H2,(H2,8,11,12). The highest BCUT2D eigenvalue weighted by Gasteiger charge is 2.17. The molecular formula is C7H11N3O3S. The van der Waals surface area contributed by atoms with Gasteiger partial charge in [0.05, 0.1) is 12.3 Å². The second kappa shape index (κ2) is 3.34. The van der Waals surface area contributed by atoms with Gasteiger partial charge in [-0.3, -0.25) is 0 Å². The summed E-state index contributed by atoms with van der Waals surface area (Å²) in [4.78, 5) is 4.06. The van der Waals surface area contributed by atoms with Gasteiger partial charge in [0.1, 0.15) is 18.2 Å². The summed E-state index contributed by atoms with van der Waals surface area (Å²) in [6, 6.07) is 0. The van der Waals surface area contributed by atoms with Gasteiger partial charge in [-0.2, -0.15) is 0 Å². The van der Waals surface area contributed by atoms with E-state index in [-0.39, 0.29) is 5.75 Å². The number of primary sulfonamides is 1. The quantitative estimate of drug-likeness (QED) is 0.702. The SMILES string of the molecule is NS(=O)(=O)Cc1cnc2n1CCOC2. The lowest BCUT2D eigenvalue weighted by molar-refractivity contribution is 0.0808. The van der Waals surface area contributed by atoms with Crippen molar-refractivity contribution in [2.75, 3.05) is 6.61 Å². The number of nitrogens with two attached hydrogens (primary N) is 1. The summed E-state index contributed by atoms with van der Waals surface area (Å²) in [5.74, 6) is 0.592. The highest BCUT2D eigenvalue weighted by molar-refractivity contribution is 7.88. The normalized spacial score (nSPS) is 16.6. The van der Waals surface area contributed by atoms with Gasteiger partial charge in [-0.25, -0.2) is 18.5 Å². The first kappa shape index (κ1) is 9.63. The molecule has 1 aromatic rings. The van der Waals surface area contributed by atoms with Crippen LogP contribution in [-0.4, -0.2) is 24.6 Å². The van der Waals surface area contributed by atoms with Crippen molar-refractivity contribution in [3.05, 3.63) is 17.7 Å². The molecule has 0 spiro atoms. The second-order valence-corrected chi connectivity index (χ2v) is 4.79. The van der Waals surface area contributed by atoms with Crippen LogP contribution in [-0.2, 0) is 33.7 Å². The van der Waals surface area contributed by atoms with E-state index in [4.69, 9.17) is 9.88 Å². The van der Waals surface area contributed by atoms with E-state index in [9.17, 15) is 8.42 Å². The molecule has 0 saturated carbocycles. The van der Waals surface area contributed by atoms with Crippen molar-refractivity contribution in [3.63, 3.8) is 0 Å². The number of hydrogen-bond donors (Lipinski definition) is 1. The molecule has 0 amide bonds. The average Bonchev–Trinajstić information content (AvgIpc) is 2.47. The third-order valence-electron chi connectivity index (χ3n) is 2.06. The third-order valence-corrected chi connectivity index (χ3v) is 2.76. The molecular weight excluding hydrogens is 206 g/mol. The Balaban J connectivity index is 2.31. The van der Waals surface area contributed by atoms with Crippen LogP contribution < -0.4 is 5.14 Å². The third kappa shape index (κ3) is 1.94. The highest BCUT2D eigenvalue weighted by Crippen LogP contribution is 2.12. The van der Waals surface area contributed by atoms with Crippen molar-refractivity contribution in [2.45, 2.75) is 18.9 Å². The van der Waals surface area contributed by atoms with Crippen LogP contribution in [0, 0.1) is 0 Å². The van der Waals surface area contributed by atoms with Crippen molar-refractivity contribution >= 4 is 10.0 Å². The number of aromatic nitrogens is 2. The molecule has 0 fully saturated rings. The Morgan fingerprint density at radius 2 is 2.43 bits per heavy atom. The van der Waals surface area contributed by atoms with E-state index in [0.717, 1.165) is 5.82 Å². The maximum Gasteiger partial charge on any atom is 0.214 e. The Bertz CT molecular complexity index is 437. The largest absolute Gasteiger partial charge is 0.372 e. The van der Waals surface area contributed by atoms with E-state index in [1.807, 2.05) is 4.57 Å². The molecule has 2 rings (SSSR count). The molecule has 2 heterocycles. The van der Waals surface area contributed by atoms with Crippen LogP contribution >= 0.6 is 0 Å². The minimum atomic E-state index is -3.48. The van der Waals surface area contributed by atoms with E-state index in [0.29, 0.717) is 25.5 Å². The number of ether oxygens (including phenoxy) is 1. The number of imidazole rings is 1. The van der Waals surface area contributed by atoms with Crippen LogP contribution in [0.3, 0.4) is 0 Å². The van der Waals surface area contributed by atoms with Gasteiger partial charge in [0, 0.05) is 12.7 Å². The summed E-state index contributed by atoms with van der Waals surface area (Å²) in [6.45, 7) is 1.66. The number of hydrogen-bond acceptors (Lipinski definition) is 4. The molecule has 0 atom stereocenters. The fourth-order valence-corrected chi connectivity index (χ4v) is 2.13. The Kier molecular flexibility index (Phi) is 2.30. The first-order valence-corrected chi connectivity index (χ1v) is 5.89. The fourth-order valence-electron chi connectivity index (χ4n) is 1.48. The Morgan fingerprint density at radius 3 is 3.14 bits per heavy atom. The molecule has 78 valence electrons. The minimum absolute atomic E-state index is 0.167. The van der Waals surface area contributed by atoms with Gasteiger partial charge < -0.3 is 9.30 Å². The monoisotopic (exact) mass is 217 g/mol. The van der Waals surface area contributed by atoms with Gasteiger partial charge in [-0.1, -0.05) is 0 Å². The molecule has 0 unspecified atom stereocenters. The summed E-state index contributed by atoms with van der Waals surface area (Å²) in [5.41, 5.74) is 0.630. The van der Waals surface area contributed by atoms with Crippen molar-refractivity contribution in [2.24, 2.45) is 5.14 Å². The Hall–Kier alpha value is -0.920. The predicted molar refractivity (Wildman–Crippen MR) is 48.7 cm³/mol. The van der Waals surface area contributed by atoms with E-state index < -0.39 is 10.0 Å². The summed E-state index contributed by atoms with van der Waals surface area (Å²) in [6.07, 6.45) is 1.54. The zero-order chi connectivity index (χ0) is 10.2. The molecule has 14 heavy (non-hydrogen) atoms. The lowest BCUT2D eigenvalue weighted by atomic mass is 10.4. The minimum Gasteiger partial charge on any atom is -0.372 e. The number of sulfonamides is 1. The molecule has 1 aromatic heterocycles. The first-order valence-electron chi connectivity index (χ1n) is 4.18. The van der Waals surface area contributed by atoms with Crippen LogP contribution in [0.2, 0.25) is 0 Å². The first-order chi connectivity index (χ1) is 6.56. The highest BCUT2D eigenvalue weighted by atomic mass is 32.2. The molecule has 0 saturated heterocycles. The van der Waals surface area contributed by atoms with Crippen LogP contribution in [0.1, 0.15) is 11.5 Å². The molecule has 0 radical (unpaired) electrons. The topological polar surface area (TPSA) is 87.2 Å². The van der Waals surface area contributed by atoms with Crippen molar-refractivity contribution in [3.8, 4) is 0 Å². The molecule has 7 heteroatoms. The molecule has 6 nitrogen and oxygen atoms in total. The molecule has 0 bridgehead atoms. The van der Waals surface area contributed by atoms with Crippen LogP contribution in [0.5, 0.6) is 0 Å². The summed E-state index contributed by atoms with van der Waals surface area (Å²) in [5, 5.41) is 4.96. The predicted octanol–water partition coefficient (Wildman–Crippen LogP) is -0.798. The summed E-state index contributed by atoms with van der Waals surface area (Å²) in [7, 11) is -3.48. The lowest BCUT2D eigenvalue weighted by Crippen LogP contribution is -2.22. The Morgan fingerprint density at radius 1 is 1.64 bits per heavy atom. The van der Waals surface area contributed by atoms with Crippen molar-refractivity contribution < 1.29 is 13.2 Å². The van der Waals surface area contributed by atoms with E-state index in [2.05, 4.69) is 4.98 Å². The average molecular weight is 217 g/mol. The fraction of sp³-hybridized carbons (Fsp3) is 0.571. The maximum absolute atomic E-state index is 10.9. The zero-order valence-corrected chi connectivity index (χ0v) is 8.33. The van der Waals surface area contributed by atoms with Gasteiger partial charge in [0.2, 0.25) is 10.0 Å². The molecule has 2 N–H and O–H groups in total. The van der Waals surface area contributed by atoms with E-state index >= 15 is 0 Å². The molecule has 0 aromatic carbocycles. The van der Waals surface area contributed by atoms with Gasteiger partial charge >= 0.3 is 0 Å². The van der Waals surface area contributed by atoms with Crippen LogP contribution in [0.15, 0.2) is 6.20 Å². The lowest BCUT2D eigenvalue weighted by Gasteiger charge is -2.16. The van der Waals surface area contributed by atoms with Crippen molar-refractivity contribution in [1.29, 1.82) is 0 Å². The molecule has 1 aliphatic rings. The summed E-state index contributed by atoms with van der Waals surface area (Å²) >= 11 is 0. The number of nitrogens with zero attached hydrogens (tertiary/aromatic N) is 2. The van der Waals surface area contributed by atoms with Crippen LogP contribution in [0.25, 0.3) is 0 Å². The second-order valence-electron chi connectivity index (χ2n) is 3.18. The van der Waals surface area contributed by atoms with Gasteiger partial charge in [0.25, 0.3) is 0 Å². The molecule has 1 aliphatic heterocycles.